The summed E-state index contributed by atoms with van der Waals surface area (Å²) >= 11 is 5.82. The second-order valence-electron chi connectivity index (χ2n) is 3.98. The zero-order chi connectivity index (χ0) is 10.7. The largest absolute Gasteiger partial charge is 0.384 e. The van der Waals surface area contributed by atoms with Gasteiger partial charge in [-0.25, -0.2) is 0 Å². The van der Waals surface area contributed by atoms with Gasteiger partial charge in [-0.15, -0.1) is 0 Å². The number of nitriles is 1. The number of anilines is 1. The third kappa shape index (κ3) is 2.43. The van der Waals surface area contributed by atoms with Crippen molar-refractivity contribution in [3.8, 4) is 6.07 Å². The molecule has 0 aliphatic heterocycles. The standard InChI is InChI=1S/C12H13ClN2/c13-11-4-5-12(10(6-11)7-14)15-8-9-2-1-3-9/h4-6,9,15H,1-3,8H2. The SMILES string of the molecule is N#Cc1cc(Cl)ccc1NCC1CCC1. The van der Waals surface area contributed by atoms with E-state index in [0.717, 1.165) is 18.2 Å². The molecule has 2 nitrogen and oxygen atoms in total. The summed E-state index contributed by atoms with van der Waals surface area (Å²) in [5, 5.41) is 12.9. The molecule has 0 unspecified atom stereocenters. The second-order valence-corrected chi connectivity index (χ2v) is 4.42. The summed E-state index contributed by atoms with van der Waals surface area (Å²) in [7, 11) is 0. The van der Waals surface area contributed by atoms with Crippen LogP contribution in [0.2, 0.25) is 5.02 Å². The molecule has 78 valence electrons. The molecule has 0 amide bonds. The number of halogens is 1. The van der Waals surface area contributed by atoms with Crippen LogP contribution in [0.25, 0.3) is 0 Å². The van der Waals surface area contributed by atoms with Crippen LogP contribution in [0.3, 0.4) is 0 Å². The third-order valence-electron chi connectivity index (χ3n) is 2.91. The maximum absolute atomic E-state index is 8.93. The summed E-state index contributed by atoms with van der Waals surface area (Å²) in [6, 6.07) is 7.53. The van der Waals surface area contributed by atoms with Crippen molar-refractivity contribution in [2.45, 2.75) is 19.3 Å². The van der Waals surface area contributed by atoms with Crippen LogP contribution in [-0.2, 0) is 0 Å². The molecule has 1 saturated carbocycles. The van der Waals surface area contributed by atoms with Crippen molar-refractivity contribution in [2.75, 3.05) is 11.9 Å². The first-order valence-corrected chi connectivity index (χ1v) is 5.61. The lowest BCUT2D eigenvalue weighted by Gasteiger charge is -2.26. The average Bonchev–Trinajstić information content (AvgIpc) is 2.17. The van der Waals surface area contributed by atoms with Crippen LogP contribution in [0.4, 0.5) is 5.69 Å². The highest BCUT2D eigenvalue weighted by atomic mass is 35.5. The zero-order valence-electron chi connectivity index (χ0n) is 8.46. The summed E-state index contributed by atoms with van der Waals surface area (Å²) in [6.07, 6.45) is 3.96. The average molecular weight is 221 g/mol. The summed E-state index contributed by atoms with van der Waals surface area (Å²) < 4.78 is 0. The lowest BCUT2D eigenvalue weighted by Crippen LogP contribution is -2.21. The van der Waals surface area contributed by atoms with Gasteiger partial charge in [0.15, 0.2) is 0 Å². The first kappa shape index (κ1) is 10.3. The highest BCUT2D eigenvalue weighted by molar-refractivity contribution is 6.30. The quantitative estimate of drug-likeness (QED) is 0.847. The predicted octanol–water partition coefficient (Wildman–Crippen LogP) is 3.42. The van der Waals surface area contributed by atoms with E-state index in [1.807, 2.05) is 12.1 Å². The van der Waals surface area contributed by atoms with Crippen molar-refractivity contribution in [1.29, 1.82) is 5.26 Å². The fourth-order valence-electron chi connectivity index (χ4n) is 1.71. The van der Waals surface area contributed by atoms with Gasteiger partial charge in [-0.2, -0.15) is 5.26 Å². The summed E-state index contributed by atoms with van der Waals surface area (Å²) in [4.78, 5) is 0. The number of nitrogens with one attached hydrogen (secondary N) is 1. The van der Waals surface area contributed by atoms with Crippen molar-refractivity contribution in [1.82, 2.24) is 0 Å². The molecule has 1 aromatic carbocycles. The van der Waals surface area contributed by atoms with Gasteiger partial charge in [0.2, 0.25) is 0 Å². The van der Waals surface area contributed by atoms with E-state index in [1.54, 1.807) is 6.07 Å². The number of benzene rings is 1. The molecule has 1 aromatic rings. The Balaban J connectivity index is 2.03. The molecular weight excluding hydrogens is 208 g/mol. The Morgan fingerprint density at radius 2 is 2.27 bits per heavy atom. The molecule has 1 fully saturated rings. The normalized spacial score (nSPS) is 15.5. The Labute approximate surface area is 94.9 Å². The topological polar surface area (TPSA) is 35.8 Å². The summed E-state index contributed by atoms with van der Waals surface area (Å²) in [6.45, 7) is 0.969. The van der Waals surface area contributed by atoms with Crippen molar-refractivity contribution >= 4 is 17.3 Å². The van der Waals surface area contributed by atoms with Gasteiger partial charge in [0.1, 0.15) is 6.07 Å². The lowest BCUT2D eigenvalue weighted by molar-refractivity contribution is 0.333. The molecule has 2 rings (SSSR count). The number of hydrogen-bond donors (Lipinski definition) is 1. The molecule has 15 heavy (non-hydrogen) atoms. The molecule has 1 aliphatic carbocycles. The van der Waals surface area contributed by atoms with Gasteiger partial charge in [0, 0.05) is 11.6 Å². The highest BCUT2D eigenvalue weighted by Gasteiger charge is 2.17. The Bertz CT molecular complexity index is 391. The van der Waals surface area contributed by atoms with Crippen LogP contribution < -0.4 is 5.32 Å². The highest BCUT2D eigenvalue weighted by Crippen LogP contribution is 2.27. The van der Waals surface area contributed by atoms with E-state index in [0.29, 0.717) is 10.6 Å². The molecule has 0 radical (unpaired) electrons. The minimum Gasteiger partial charge on any atom is -0.384 e. The molecule has 0 heterocycles. The van der Waals surface area contributed by atoms with Crippen molar-refractivity contribution in [2.24, 2.45) is 5.92 Å². The summed E-state index contributed by atoms with van der Waals surface area (Å²) in [5.74, 6) is 0.784. The molecule has 0 aromatic heterocycles. The first-order valence-electron chi connectivity index (χ1n) is 5.23. The van der Waals surface area contributed by atoms with Gasteiger partial charge >= 0.3 is 0 Å². The van der Waals surface area contributed by atoms with E-state index in [2.05, 4.69) is 11.4 Å². The van der Waals surface area contributed by atoms with E-state index < -0.39 is 0 Å². The van der Waals surface area contributed by atoms with Crippen LogP contribution in [0.15, 0.2) is 18.2 Å². The molecule has 0 spiro atoms. The van der Waals surface area contributed by atoms with Gasteiger partial charge in [0.05, 0.1) is 11.3 Å². The molecule has 0 bridgehead atoms. The van der Waals surface area contributed by atoms with Gasteiger partial charge in [0.25, 0.3) is 0 Å². The predicted molar refractivity (Wildman–Crippen MR) is 62.0 cm³/mol. The van der Waals surface area contributed by atoms with Crippen molar-refractivity contribution in [3.05, 3.63) is 28.8 Å². The zero-order valence-corrected chi connectivity index (χ0v) is 9.22. The molecule has 1 aliphatic rings. The fourth-order valence-corrected chi connectivity index (χ4v) is 1.89. The van der Waals surface area contributed by atoms with Gasteiger partial charge < -0.3 is 5.32 Å². The smallest absolute Gasteiger partial charge is 0.101 e. The van der Waals surface area contributed by atoms with E-state index in [1.165, 1.54) is 19.3 Å². The number of nitrogens with zero attached hydrogens (tertiary/aromatic N) is 1. The first-order chi connectivity index (χ1) is 7.29. The molecule has 3 heteroatoms. The van der Waals surface area contributed by atoms with Gasteiger partial charge in [-0.1, -0.05) is 18.0 Å². The van der Waals surface area contributed by atoms with E-state index >= 15 is 0 Å². The minimum absolute atomic E-state index is 0.612. The third-order valence-corrected chi connectivity index (χ3v) is 3.14. The molecule has 1 N–H and O–H groups in total. The van der Waals surface area contributed by atoms with Crippen LogP contribution in [-0.4, -0.2) is 6.54 Å². The second kappa shape index (κ2) is 4.55. The summed E-state index contributed by atoms with van der Waals surface area (Å²) in [5.41, 5.74) is 1.52. The van der Waals surface area contributed by atoms with Crippen LogP contribution >= 0.6 is 11.6 Å². The van der Waals surface area contributed by atoms with Crippen LogP contribution in [0, 0.1) is 17.2 Å². The Kier molecular flexibility index (Phi) is 3.13. The number of rotatable bonds is 3. The fraction of sp³-hybridized carbons (Fsp3) is 0.417. The van der Waals surface area contributed by atoms with Crippen LogP contribution in [0.5, 0.6) is 0 Å². The lowest BCUT2D eigenvalue weighted by atomic mass is 9.85. The molecular formula is C12H13ClN2. The Morgan fingerprint density at radius 1 is 1.47 bits per heavy atom. The Hall–Kier alpha value is -1.20. The molecule has 0 saturated heterocycles. The van der Waals surface area contributed by atoms with Crippen molar-refractivity contribution in [3.63, 3.8) is 0 Å². The van der Waals surface area contributed by atoms with E-state index in [9.17, 15) is 0 Å². The minimum atomic E-state index is 0.612. The van der Waals surface area contributed by atoms with Gasteiger partial charge in [-0.3, -0.25) is 0 Å². The number of hydrogen-bond acceptors (Lipinski definition) is 2. The Morgan fingerprint density at radius 3 is 2.87 bits per heavy atom. The van der Waals surface area contributed by atoms with Gasteiger partial charge in [-0.05, 0) is 37.0 Å². The van der Waals surface area contributed by atoms with Crippen LogP contribution in [0.1, 0.15) is 24.8 Å². The maximum Gasteiger partial charge on any atom is 0.101 e. The molecule has 0 atom stereocenters. The monoisotopic (exact) mass is 220 g/mol. The van der Waals surface area contributed by atoms with E-state index in [4.69, 9.17) is 16.9 Å². The van der Waals surface area contributed by atoms with Crippen molar-refractivity contribution < 1.29 is 0 Å². The maximum atomic E-state index is 8.93. The van der Waals surface area contributed by atoms with E-state index in [-0.39, 0.29) is 0 Å².